The van der Waals surface area contributed by atoms with Gasteiger partial charge in [0, 0.05) is 50.9 Å². The molecule has 2 aromatic rings. The molecular weight excluding hydrogens is 552 g/mol. The van der Waals surface area contributed by atoms with E-state index in [1.54, 1.807) is 35.9 Å². The van der Waals surface area contributed by atoms with E-state index in [-0.39, 0.29) is 23.8 Å². The summed E-state index contributed by atoms with van der Waals surface area (Å²) in [6, 6.07) is 7.84. The summed E-state index contributed by atoms with van der Waals surface area (Å²) in [4.78, 5) is 56.7. The number of aromatic nitrogens is 2. The number of piperazine rings is 1. The molecule has 13 heteroatoms. The number of hydrogen-bond acceptors (Lipinski definition) is 8. The standard InChI is InChI=1S/C30H42N8O5/c1-29(2,32)25(39)36-12-14-37(15-13-36)27(41)34-24-9-11-38(28(42)35-24)23-7-5-19-16-21(6-4-20(19)17-23)33-22-8-10-30(3,18-22)43-26(31)40/h5,7,9,11,17,21-22,33H,4,6,8,10,12-16,18,32H2,1-3H3,(H2,31,40)(H,34,35,41,42)/t21?,22-,30-/m0/s1. The molecular formula is C30H42N8O5. The van der Waals surface area contributed by atoms with Crippen molar-refractivity contribution in [1.29, 1.82) is 0 Å². The Balaban J connectivity index is 1.16. The fourth-order valence-corrected chi connectivity index (χ4v) is 6.43. The van der Waals surface area contributed by atoms with Crippen molar-refractivity contribution in [3.8, 4) is 5.69 Å². The van der Waals surface area contributed by atoms with Crippen LogP contribution in [0, 0.1) is 0 Å². The van der Waals surface area contributed by atoms with Gasteiger partial charge in [0.2, 0.25) is 5.91 Å². The third kappa shape index (κ3) is 7.16. The Morgan fingerprint density at radius 2 is 1.77 bits per heavy atom. The van der Waals surface area contributed by atoms with E-state index in [1.807, 2.05) is 19.1 Å². The molecule has 0 radical (unpaired) electrons. The van der Waals surface area contributed by atoms with Gasteiger partial charge in [0.15, 0.2) is 0 Å². The van der Waals surface area contributed by atoms with Crippen LogP contribution in [0.3, 0.4) is 0 Å². The van der Waals surface area contributed by atoms with E-state index in [0.717, 1.165) is 44.2 Å². The summed E-state index contributed by atoms with van der Waals surface area (Å²) in [6.07, 6.45) is 6.08. The number of nitrogens with two attached hydrogens (primary N) is 2. The SMILES string of the molecule is CC(C)(N)C(=O)N1CCN(C(=O)Nc2ccn(-c3ccc4c(c3)CCC(N[C@H]3CC[C@](C)(OC(N)=O)C3)C4)c(=O)n2)CC1. The van der Waals surface area contributed by atoms with Gasteiger partial charge in [0.1, 0.15) is 11.4 Å². The third-order valence-corrected chi connectivity index (χ3v) is 8.66. The molecule has 1 aromatic heterocycles. The second kappa shape index (κ2) is 12.0. The van der Waals surface area contributed by atoms with Crippen LogP contribution in [-0.4, -0.2) is 86.8 Å². The highest BCUT2D eigenvalue weighted by Gasteiger charge is 2.39. The smallest absolute Gasteiger partial charge is 0.405 e. The van der Waals surface area contributed by atoms with Gasteiger partial charge in [-0.2, -0.15) is 4.98 Å². The Bertz CT molecular complexity index is 1440. The normalized spacial score (nSPS) is 23.9. The van der Waals surface area contributed by atoms with Gasteiger partial charge >= 0.3 is 17.8 Å². The van der Waals surface area contributed by atoms with E-state index in [4.69, 9.17) is 16.2 Å². The number of aryl methyl sites for hydroxylation is 1. The molecule has 5 rings (SSSR count). The monoisotopic (exact) mass is 594 g/mol. The van der Waals surface area contributed by atoms with Gasteiger partial charge in [-0.3, -0.25) is 14.7 Å². The van der Waals surface area contributed by atoms with Crippen molar-refractivity contribution in [1.82, 2.24) is 24.7 Å². The highest BCUT2D eigenvalue weighted by Crippen LogP contribution is 2.34. The van der Waals surface area contributed by atoms with E-state index in [1.165, 1.54) is 15.7 Å². The Kier molecular flexibility index (Phi) is 8.48. The van der Waals surface area contributed by atoms with Crippen LogP contribution in [0.5, 0.6) is 0 Å². The van der Waals surface area contributed by atoms with Crippen molar-refractivity contribution in [2.45, 2.75) is 82.5 Å². The number of fused-ring (bicyclic) bond motifs is 1. The Hall–Kier alpha value is -3.97. The second-order valence-electron chi connectivity index (χ2n) is 12.8. The maximum Gasteiger partial charge on any atom is 0.405 e. The number of primary amides is 1. The summed E-state index contributed by atoms with van der Waals surface area (Å²) in [5, 5.41) is 6.44. The first-order chi connectivity index (χ1) is 20.3. The third-order valence-electron chi connectivity index (χ3n) is 8.66. The quantitative estimate of drug-likeness (QED) is 0.389. The molecule has 3 atom stereocenters. The van der Waals surface area contributed by atoms with Crippen molar-refractivity contribution < 1.29 is 19.1 Å². The predicted octanol–water partition coefficient (Wildman–Crippen LogP) is 1.50. The van der Waals surface area contributed by atoms with Crippen molar-refractivity contribution in [3.63, 3.8) is 0 Å². The zero-order chi connectivity index (χ0) is 30.9. The highest BCUT2D eigenvalue weighted by atomic mass is 16.6. The summed E-state index contributed by atoms with van der Waals surface area (Å²) in [7, 11) is 0. The fraction of sp³-hybridized carbons (Fsp3) is 0.567. The molecule has 1 aromatic carbocycles. The van der Waals surface area contributed by atoms with E-state index >= 15 is 0 Å². The predicted molar refractivity (Wildman–Crippen MR) is 161 cm³/mol. The van der Waals surface area contributed by atoms with Crippen molar-refractivity contribution in [3.05, 3.63) is 52.1 Å². The Morgan fingerprint density at radius 3 is 2.44 bits per heavy atom. The lowest BCUT2D eigenvalue weighted by molar-refractivity contribution is -0.137. The van der Waals surface area contributed by atoms with Crippen LogP contribution in [0.4, 0.5) is 15.4 Å². The highest BCUT2D eigenvalue weighted by molar-refractivity contribution is 5.89. The fourth-order valence-electron chi connectivity index (χ4n) is 6.43. The number of carbonyl (C=O) groups is 3. The number of urea groups is 1. The van der Waals surface area contributed by atoms with Gasteiger partial charge in [-0.25, -0.2) is 14.4 Å². The van der Waals surface area contributed by atoms with Crippen molar-refractivity contribution in [2.75, 3.05) is 31.5 Å². The molecule has 1 unspecified atom stereocenters. The molecule has 43 heavy (non-hydrogen) atoms. The first-order valence-corrected chi connectivity index (χ1v) is 14.9. The molecule has 2 fully saturated rings. The molecule has 4 amide bonds. The zero-order valence-corrected chi connectivity index (χ0v) is 25.1. The van der Waals surface area contributed by atoms with Gasteiger partial charge in [-0.15, -0.1) is 0 Å². The van der Waals surface area contributed by atoms with Crippen LogP contribution in [0.25, 0.3) is 5.69 Å². The van der Waals surface area contributed by atoms with Crippen molar-refractivity contribution >= 4 is 23.8 Å². The van der Waals surface area contributed by atoms with E-state index < -0.39 is 22.9 Å². The van der Waals surface area contributed by atoms with E-state index in [9.17, 15) is 19.2 Å². The maximum atomic E-state index is 12.9. The summed E-state index contributed by atoms with van der Waals surface area (Å²) in [6.45, 7) is 6.77. The number of nitrogens with zero attached hydrogens (tertiary/aromatic N) is 4. The molecule has 13 nitrogen and oxygen atoms in total. The molecule has 6 N–H and O–H groups in total. The average Bonchev–Trinajstić information content (AvgIpc) is 3.30. The zero-order valence-electron chi connectivity index (χ0n) is 25.1. The summed E-state index contributed by atoms with van der Waals surface area (Å²) in [5.74, 6) is 0.0194. The van der Waals surface area contributed by atoms with E-state index in [0.29, 0.717) is 32.2 Å². The summed E-state index contributed by atoms with van der Waals surface area (Å²) < 4.78 is 6.81. The lowest BCUT2D eigenvalue weighted by atomic mass is 9.87. The minimum atomic E-state index is -0.959. The first kappa shape index (κ1) is 30.5. The molecule has 2 aliphatic carbocycles. The number of carbonyl (C=O) groups excluding carboxylic acids is 3. The molecule has 0 spiro atoms. The molecule has 2 heterocycles. The lowest BCUT2D eigenvalue weighted by Crippen LogP contribution is -2.58. The number of amides is 4. The average molecular weight is 595 g/mol. The number of nitrogens with one attached hydrogen (secondary N) is 2. The largest absolute Gasteiger partial charge is 0.443 e. The molecule has 0 bridgehead atoms. The maximum absolute atomic E-state index is 12.9. The minimum Gasteiger partial charge on any atom is -0.443 e. The molecule has 232 valence electrons. The van der Waals surface area contributed by atoms with Gasteiger partial charge in [-0.1, -0.05) is 6.07 Å². The molecule has 1 aliphatic heterocycles. The van der Waals surface area contributed by atoms with E-state index in [2.05, 4.69) is 21.7 Å². The Morgan fingerprint density at radius 1 is 1.05 bits per heavy atom. The van der Waals surface area contributed by atoms with Gasteiger partial charge < -0.3 is 31.3 Å². The molecule has 1 saturated heterocycles. The Labute approximate surface area is 250 Å². The van der Waals surface area contributed by atoms with Gasteiger partial charge in [0.25, 0.3) is 0 Å². The number of ether oxygens (including phenoxy) is 1. The molecule has 3 aliphatic rings. The number of anilines is 1. The summed E-state index contributed by atoms with van der Waals surface area (Å²) >= 11 is 0. The van der Waals surface area contributed by atoms with Crippen molar-refractivity contribution in [2.24, 2.45) is 11.5 Å². The molecule has 1 saturated carbocycles. The topological polar surface area (TPSA) is 178 Å². The van der Waals surface area contributed by atoms with Crippen LogP contribution in [0.1, 0.15) is 57.6 Å². The van der Waals surface area contributed by atoms with Crippen LogP contribution >= 0.6 is 0 Å². The van der Waals surface area contributed by atoms with Crippen LogP contribution < -0.4 is 27.8 Å². The number of benzene rings is 1. The second-order valence-corrected chi connectivity index (χ2v) is 12.8. The number of rotatable bonds is 6. The number of hydrogen-bond donors (Lipinski definition) is 4. The van der Waals surface area contributed by atoms with Gasteiger partial charge in [0.05, 0.1) is 11.2 Å². The summed E-state index contributed by atoms with van der Waals surface area (Å²) in [5.41, 5.74) is 12.4. The lowest BCUT2D eigenvalue weighted by Gasteiger charge is -2.37. The van der Waals surface area contributed by atoms with Crippen LogP contribution in [0.2, 0.25) is 0 Å². The van der Waals surface area contributed by atoms with Crippen LogP contribution in [-0.2, 0) is 22.4 Å². The first-order valence-electron chi connectivity index (χ1n) is 14.9. The van der Waals surface area contributed by atoms with Gasteiger partial charge in [-0.05, 0) is 82.2 Å². The minimum absolute atomic E-state index is 0.151. The van der Waals surface area contributed by atoms with Crippen LogP contribution in [0.15, 0.2) is 35.3 Å².